The van der Waals surface area contributed by atoms with Gasteiger partial charge < -0.3 is 5.11 Å². The Labute approximate surface area is 108 Å². The molecule has 3 heteroatoms. The zero-order valence-electron chi connectivity index (χ0n) is 11.4. The fourth-order valence-corrected chi connectivity index (χ4v) is 2.40. The smallest absolute Gasteiger partial charge is 0.317 e. The molecule has 0 unspecified atom stereocenters. The first-order valence-electron chi connectivity index (χ1n) is 6.43. The summed E-state index contributed by atoms with van der Waals surface area (Å²) in [4.78, 5) is 12.7. The lowest BCUT2D eigenvalue weighted by molar-refractivity contribution is -0.138. The molecule has 0 aromatic heterocycles. The molecule has 0 atom stereocenters. The van der Waals surface area contributed by atoms with Crippen molar-refractivity contribution in [3.05, 3.63) is 34.9 Å². The second kappa shape index (κ2) is 4.73. The molecule has 1 N–H and O–H groups in total. The van der Waals surface area contributed by atoms with E-state index in [0.29, 0.717) is 0 Å². The average Bonchev–Trinajstić information content (AvgIpc) is 2.26. The van der Waals surface area contributed by atoms with Gasteiger partial charge in [-0.3, -0.25) is 9.69 Å². The van der Waals surface area contributed by atoms with Crippen molar-refractivity contribution in [3.8, 4) is 0 Å². The quantitative estimate of drug-likeness (QED) is 0.872. The van der Waals surface area contributed by atoms with Gasteiger partial charge in [0.1, 0.15) is 0 Å². The van der Waals surface area contributed by atoms with Crippen LogP contribution in [-0.4, -0.2) is 29.1 Å². The van der Waals surface area contributed by atoms with Crippen molar-refractivity contribution in [2.45, 2.75) is 39.2 Å². The summed E-state index contributed by atoms with van der Waals surface area (Å²) in [5.41, 5.74) is 4.18. The van der Waals surface area contributed by atoms with Crippen LogP contribution < -0.4 is 0 Å². The van der Waals surface area contributed by atoms with Gasteiger partial charge in [-0.2, -0.15) is 0 Å². The Morgan fingerprint density at radius 1 is 1.33 bits per heavy atom. The van der Waals surface area contributed by atoms with E-state index in [1.165, 1.54) is 16.7 Å². The Morgan fingerprint density at radius 3 is 2.67 bits per heavy atom. The first-order chi connectivity index (χ1) is 8.36. The lowest BCUT2D eigenvalue weighted by Gasteiger charge is -2.29. The minimum atomic E-state index is -0.746. The van der Waals surface area contributed by atoms with E-state index in [0.717, 1.165) is 19.5 Å². The summed E-state index contributed by atoms with van der Waals surface area (Å²) in [7, 11) is 0. The normalized spacial score (nSPS) is 16.4. The molecule has 1 heterocycles. The minimum Gasteiger partial charge on any atom is -0.480 e. The number of benzene rings is 1. The van der Waals surface area contributed by atoms with E-state index in [2.05, 4.69) is 39.0 Å². The Morgan fingerprint density at radius 2 is 2.06 bits per heavy atom. The fraction of sp³-hybridized carbons (Fsp3) is 0.533. The molecule has 0 saturated carbocycles. The van der Waals surface area contributed by atoms with Gasteiger partial charge in [-0.05, 0) is 28.5 Å². The molecule has 0 fully saturated rings. The van der Waals surface area contributed by atoms with Gasteiger partial charge in [0.05, 0.1) is 6.54 Å². The molecule has 1 aromatic carbocycles. The summed E-state index contributed by atoms with van der Waals surface area (Å²) >= 11 is 0. The van der Waals surface area contributed by atoms with Gasteiger partial charge in [0, 0.05) is 13.1 Å². The fourth-order valence-electron chi connectivity index (χ4n) is 2.40. The van der Waals surface area contributed by atoms with Crippen molar-refractivity contribution < 1.29 is 9.90 Å². The average molecular weight is 247 g/mol. The molecule has 0 bridgehead atoms. The summed E-state index contributed by atoms with van der Waals surface area (Å²) in [5.74, 6) is -0.746. The van der Waals surface area contributed by atoms with Crippen LogP contribution in [0.1, 0.15) is 37.5 Å². The maximum atomic E-state index is 10.7. The number of carbonyl (C=O) groups is 1. The molecule has 3 nitrogen and oxygen atoms in total. The van der Waals surface area contributed by atoms with Crippen LogP contribution in [0.25, 0.3) is 0 Å². The predicted octanol–water partition coefficient (Wildman–Crippen LogP) is 2.43. The van der Waals surface area contributed by atoms with Gasteiger partial charge >= 0.3 is 5.97 Å². The number of carboxylic acids is 1. The number of hydrogen-bond acceptors (Lipinski definition) is 2. The third-order valence-corrected chi connectivity index (χ3v) is 3.52. The van der Waals surface area contributed by atoms with Crippen LogP contribution in [0.4, 0.5) is 0 Å². The van der Waals surface area contributed by atoms with Crippen LogP contribution in [0.2, 0.25) is 0 Å². The monoisotopic (exact) mass is 247 g/mol. The number of hydrogen-bond donors (Lipinski definition) is 1. The minimum absolute atomic E-state index is 0.139. The Hall–Kier alpha value is -1.35. The second-order valence-electron chi connectivity index (χ2n) is 6.09. The highest BCUT2D eigenvalue weighted by Crippen LogP contribution is 2.27. The number of nitrogens with zero attached hydrogens (tertiary/aromatic N) is 1. The van der Waals surface area contributed by atoms with Gasteiger partial charge in [-0.1, -0.05) is 39.0 Å². The van der Waals surface area contributed by atoms with Gasteiger partial charge in [0.2, 0.25) is 0 Å². The van der Waals surface area contributed by atoms with Crippen molar-refractivity contribution in [2.24, 2.45) is 0 Å². The van der Waals surface area contributed by atoms with E-state index in [1.54, 1.807) is 0 Å². The van der Waals surface area contributed by atoms with Gasteiger partial charge in [-0.25, -0.2) is 0 Å². The number of fused-ring (bicyclic) bond motifs is 1. The summed E-state index contributed by atoms with van der Waals surface area (Å²) in [6.07, 6.45) is 0.951. The molecular weight excluding hydrogens is 226 g/mol. The number of rotatable bonds is 2. The molecule has 1 aliphatic heterocycles. The second-order valence-corrected chi connectivity index (χ2v) is 6.09. The van der Waals surface area contributed by atoms with Crippen LogP contribution in [-0.2, 0) is 23.2 Å². The Kier molecular flexibility index (Phi) is 3.44. The lowest BCUT2D eigenvalue weighted by atomic mass is 9.84. The summed E-state index contributed by atoms with van der Waals surface area (Å²) in [6, 6.07) is 6.61. The zero-order valence-corrected chi connectivity index (χ0v) is 11.4. The Balaban J connectivity index is 2.18. The molecule has 1 aromatic rings. The maximum Gasteiger partial charge on any atom is 0.317 e. The first kappa shape index (κ1) is 13.1. The predicted molar refractivity (Wildman–Crippen MR) is 71.8 cm³/mol. The third-order valence-electron chi connectivity index (χ3n) is 3.52. The highest BCUT2D eigenvalue weighted by atomic mass is 16.4. The largest absolute Gasteiger partial charge is 0.480 e. The third kappa shape index (κ3) is 2.91. The summed E-state index contributed by atoms with van der Waals surface area (Å²) in [6.45, 7) is 8.39. The van der Waals surface area contributed by atoms with E-state index in [4.69, 9.17) is 5.11 Å². The van der Waals surface area contributed by atoms with Crippen LogP contribution in [0, 0.1) is 0 Å². The molecule has 0 aliphatic carbocycles. The van der Waals surface area contributed by atoms with E-state index < -0.39 is 5.97 Å². The lowest BCUT2D eigenvalue weighted by Crippen LogP contribution is -2.34. The summed E-state index contributed by atoms with van der Waals surface area (Å²) < 4.78 is 0. The van der Waals surface area contributed by atoms with Crippen molar-refractivity contribution in [2.75, 3.05) is 13.1 Å². The number of aliphatic carboxylic acids is 1. The van der Waals surface area contributed by atoms with Gasteiger partial charge in [0.15, 0.2) is 0 Å². The molecule has 18 heavy (non-hydrogen) atoms. The summed E-state index contributed by atoms with van der Waals surface area (Å²) in [5, 5.41) is 8.82. The Bertz CT molecular complexity index is 460. The molecule has 0 saturated heterocycles. The molecular formula is C15H21NO2. The molecule has 2 rings (SSSR count). The molecule has 0 radical (unpaired) electrons. The van der Waals surface area contributed by atoms with Gasteiger partial charge in [-0.15, -0.1) is 0 Å². The van der Waals surface area contributed by atoms with Crippen molar-refractivity contribution in [1.29, 1.82) is 0 Å². The molecule has 1 aliphatic rings. The van der Waals surface area contributed by atoms with Crippen LogP contribution in [0.15, 0.2) is 18.2 Å². The number of carboxylic acid groups (broad SMARTS) is 1. The zero-order chi connectivity index (χ0) is 13.3. The van der Waals surface area contributed by atoms with E-state index in [1.807, 2.05) is 4.90 Å². The maximum absolute atomic E-state index is 10.7. The van der Waals surface area contributed by atoms with Gasteiger partial charge in [0.25, 0.3) is 0 Å². The molecule has 0 amide bonds. The van der Waals surface area contributed by atoms with Crippen LogP contribution in [0.3, 0.4) is 0 Å². The molecule has 0 spiro atoms. The van der Waals surface area contributed by atoms with E-state index in [9.17, 15) is 4.79 Å². The van der Waals surface area contributed by atoms with Crippen LogP contribution in [0.5, 0.6) is 0 Å². The molecule has 98 valence electrons. The first-order valence-corrected chi connectivity index (χ1v) is 6.43. The van der Waals surface area contributed by atoms with E-state index >= 15 is 0 Å². The highest BCUT2D eigenvalue weighted by Gasteiger charge is 2.20. The van der Waals surface area contributed by atoms with Crippen LogP contribution >= 0.6 is 0 Å². The highest BCUT2D eigenvalue weighted by molar-refractivity contribution is 5.69. The van der Waals surface area contributed by atoms with Crippen molar-refractivity contribution >= 4 is 5.97 Å². The van der Waals surface area contributed by atoms with Crippen molar-refractivity contribution in [1.82, 2.24) is 4.90 Å². The standard InChI is InChI=1S/C15H21NO2/c1-15(2,3)13-5-4-12-9-16(10-14(17)18)7-6-11(12)8-13/h4-5,8H,6-7,9-10H2,1-3H3,(H,17,18). The van der Waals surface area contributed by atoms with Crippen molar-refractivity contribution in [3.63, 3.8) is 0 Å². The topological polar surface area (TPSA) is 40.5 Å². The van der Waals surface area contributed by atoms with E-state index in [-0.39, 0.29) is 12.0 Å². The SMILES string of the molecule is CC(C)(C)c1ccc2c(c1)CCN(CC(=O)O)C2.